The SMILES string of the molecule is CCCCCCCCC1(C(C(N)=O)C(=O)N2CCNCC2)C(=O)NC(=O)NC1=O. The summed E-state index contributed by atoms with van der Waals surface area (Å²) < 4.78 is 0. The fourth-order valence-corrected chi connectivity index (χ4v) is 4.02. The quantitative estimate of drug-likeness (QED) is 0.285. The molecule has 2 saturated heterocycles. The molecule has 2 aliphatic heterocycles. The number of hydrogen-bond acceptors (Lipinski definition) is 6. The van der Waals surface area contributed by atoms with Crippen LogP contribution in [-0.4, -0.2) is 60.7 Å². The molecule has 10 heteroatoms. The summed E-state index contributed by atoms with van der Waals surface area (Å²) >= 11 is 0. The number of nitrogens with two attached hydrogens (primary N) is 1. The van der Waals surface area contributed by atoms with Crippen LogP contribution >= 0.6 is 0 Å². The highest BCUT2D eigenvalue weighted by atomic mass is 16.2. The maximum absolute atomic E-state index is 13.1. The van der Waals surface area contributed by atoms with Crippen molar-refractivity contribution in [1.82, 2.24) is 20.9 Å². The number of primary amides is 1. The number of carbonyl (C=O) groups excluding carboxylic acids is 5. The second-order valence-electron chi connectivity index (χ2n) is 7.64. The predicted molar refractivity (Wildman–Crippen MR) is 104 cm³/mol. The Kier molecular flexibility index (Phi) is 8.12. The van der Waals surface area contributed by atoms with Crippen molar-refractivity contribution in [3.8, 4) is 0 Å². The van der Waals surface area contributed by atoms with E-state index in [1.54, 1.807) is 0 Å². The van der Waals surface area contributed by atoms with Crippen LogP contribution in [-0.2, 0) is 19.2 Å². The topological polar surface area (TPSA) is 151 Å². The minimum Gasteiger partial charge on any atom is -0.369 e. The van der Waals surface area contributed by atoms with Gasteiger partial charge in [-0.05, 0) is 6.42 Å². The van der Waals surface area contributed by atoms with Crippen molar-refractivity contribution in [2.75, 3.05) is 26.2 Å². The first-order chi connectivity index (χ1) is 13.8. The molecule has 0 aromatic rings. The van der Waals surface area contributed by atoms with Crippen LogP contribution < -0.4 is 21.7 Å². The summed E-state index contributed by atoms with van der Waals surface area (Å²) in [6, 6.07) is -0.962. The number of imide groups is 2. The molecule has 2 heterocycles. The fraction of sp³-hybridized carbons (Fsp3) is 0.737. The number of carbonyl (C=O) groups is 5. The summed E-state index contributed by atoms with van der Waals surface area (Å²) in [4.78, 5) is 64.2. The number of urea groups is 1. The van der Waals surface area contributed by atoms with Crippen LogP contribution in [0, 0.1) is 11.3 Å². The standard InChI is InChI=1S/C19H31N5O5/c1-2-3-4-5-6-7-8-19(16(27)22-18(29)23-17(19)28)13(14(20)25)15(26)24-11-9-21-10-12-24/h13,21H,2-12H2,1H3,(H2,20,25)(H2,22,23,27,28,29). The molecule has 0 aromatic heterocycles. The van der Waals surface area contributed by atoms with Gasteiger partial charge in [0.1, 0.15) is 11.3 Å². The molecule has 29 heavy (non-hydrogen) atoms. The zero-order chi connectivity index (χ0) is 21.4. The lowest BCUT2D eigenvalue weighted by atomic mass is 9.68. The zero-order valence-corrected chi connectivity index (χ0v) is 16.9. The first-order valence-electron chi connectivity index (χ1n) is 10.3. The van der Waals surface area contributed by atoms with E-state index in [-0.39, 0.29) is 6.42 Å². The number of hydrogen-bond donors (Lipinski definition) is 4. The lowest BCUT2D eigenvalue weighted by Crippen LogP contribution is -2.69. The number of unbranched alkanes of at least 4 members (excludes halogenated alkanes) is 5. The Labute approximate surface area is 170 Å². The van der Waals surface area contributed by atoms with Gasteiger partial charge in [-0.25, -0.2) is 4.79 Å². The van der Waals surface area contributed by atoms with E-state index in [0.717, 1.165) is 32.1 Å². The summed E-state index contributed by atoms with van der Waals surface area (Å²) in [5, 5.41) is 7.20. The first kappa shape index (κ1) is 22.8. The van der Waals surface area contributed by atoms with Crippen molar-refractivity contribution in [1.29, 1.82) is 0 Å². The summed E-state index contributed by atoms with van der Waals surface area (Å²) in [6.07, 6.45) is 5.28. The molecule has 2 fully saturated rings. The monoisotopic (exact) mass is 409 g/mol. The van der Waals surface area contributed by atoms with Gasteiger partial charge in [0, 0.05) is 26.2 Å². The minimum absolute atomic E-state index is 0.0322. The number of nitrogens with zero attached hydrogens (tertiary/aromatic N) is 1. The maximum atomic E-state index is 13.1. The van der Waals surface area contributed by atoms with Gasteiger partial charge >= 0.3 is 6.03 Å². The molecule has 162 valence electrons. The van der Waals surface area contributed by atoms with Gasteiger partial charge < -0.3 is 16.0 Å². The van der Waals surface area contributed by atoms with Crippen LogP contribution in [0.25, 0.3) is 0 Å². The molecular weight excluding hydrogens is 378 g/mol. The Balaban J connectivity index is 2.28. The molecule has 1 unspecified atom stereocenters. The van der Waals surface area contributed by atoms with Crippen molar-refractivity contribution in [3.63, 3.8) is 0 Å². The number of barbiturate groups is 1. The van der Waals surface area contributed by atoms with Crippen LogP contribution in [0.1, 0.15) is 51.9 Å². The third-order valence-electron chi connectivity index (χ3n) is 5.64. The lowest BCUT2D eigenvalue weighted by Gasteiger charge is -2.40. The molecule has 1 atom stereocenters. The van der Waals surface area contributed by atoms with Crippen molar-refractivity contribution in [3.05, 3.63) is 0 Å². The number of piperazine rings is 1. The highest BCUT2D eigenvalue weighted by Crippen LogP contribution is 2.38. The van der Waals surface area contributed by atoms with E-state index in [4.69, 9.17) is 5.73 Å². The molecular formula is C19H31N5O5. The van der Waals surface area contributed by atoms with Crippen LogP contribution in [0.3, 0.4) is 0 Å². The Morgan fingerprint density at radius 1 is 1.00 bits per heavy atom. The van der Waals surface area contributed by atoms with Crippen molar-refractivity contribution >= 4 is 29.7 Å². The van der Waals surface area contributed by atoms with Gasteiger partial charge in [-0.15, -0.1) is 0 Å². The second kappa shape index (κ2) is 10.3. The molecule has 2 aliphatic rings. The fourth-order valence-electron chi connectivity index (χ4n) is 4.02. The van der Waals surface area contributed by atoms with E-state index < -0.39 is 41.0 Å². The van der Waals surface area contributed by atoms with Gasteiger partial charge in [0.15, 0.2) is 0 Å². The molecule has 0 aliphatic carbocycles. The lowest BCUT2D eigenvalue weighted by molar-refractivity contribution is -0.162. The maximum Gasteiger partial charge on any atom is 0.328 e. The van der Waals surface area contributed by atoms with Crippen molar-refractivity contribution < 1.29 is 24.0 Å². The molecule has 10 nitrogen and oxygen atoms in total. The molecule has 2 rings (SSSR count). The molecule has 0 bridgehead atoms. The van der Waals surface area contributed by atoms with Crippen LogP contribution in [0.4, 0.5) is 4.79 Å². The van der Waals surface area contributed by atoms with Crippen molar-refractivity contribution in [2.45, 2.75) is 51.9 Å². The smallest absolute Gasteiger partial charge is 0.328 e. The zero-order valence-electron chi connectivity index (χ0n) is 16.9. The van der Waals surface area contributed by atoms with Gasteiger partial charge in [-0.3, -0.25) is 29.8 Å². The van der Waals surface area contributed by atoms with E-state index in [1.807, 2.05) is 0 Å². The van der Waals surface area contributed by atoms with Gasteiger partial charge in [0.2, 0.25) is 23.6 Å². The highest BCUT2D eigenvalue weighted by Gasteiger charge is 2.60. The average molecular weight is 409 g/mol. The second-order valence-corrected chi connectivity index (χ2v) is 7.64. The highest BCUT2D eigenvalue weighted by molar-refractivity contribution is 6.24. The minimum atomic E-state index is -2.02. The summed E-state index contributed by atoms with van der Waals surface area (Å²) in [6.45, 7) is 3.87. The van der Waals surface area contributed by atoms with E-state index >= 15 is 0 Å². The number of amides is 6. The largest absolute Gasteiger partial charge is 0.369 e. The number of rotatable bonds is 10. The Hall–Kier alpha value is -2.49. The van der Waals surface area contributed by atoms with E-state index in [1.165, 1.54) is 4.90 Å². The number of nitrogens with one attached hydrogen (secondary N) is 3. The van der Waals surface area contributed by atoms with Gasteiger partial charge in [0.05, 0.1) is 0 Å². The third kappa shape index (κ3) is 5.11. The van der Waals surface area contributed by atoms with Crippen LogP contribution in [0.2, 0.25) is 0 Å². The summed E-state index contributed by atoms with van der Waals surface area (Å²) in [5.74, 6) is -5.23. The summed E-state index contributed by atoms with van der Waals surface area (Å²) in [5.41, 5.74) is 3.52. The van der Waals surface area contributed by atoms with Gasteiger partial charge in [-0.2, -0.15) is 0 Å². The molecule has 6 amide bonds. The predicted octanol–water partition coefficient (Wildman–Crippen LogP) is -0.377. The molecule has 5 N–H and O–H groups in total. The average Bonchev–Trinajstić information content (AvgIpc) is 2.68. The molecule has 0 spiro atoms. The van der Waals surface area contributed by atoms with E-state index in [9.17, 15) is 24.0 Å². The Morgan fingerprint density at radius 3 is 2.10 bits per heavy atom. The molecule has 0 saturated carbocycles. The van der Waals surface area contributed by atoms with Crippen LogP contribution in [0.5, 0.6) is 0 Å². The van der Waals surface area contributed by atoms with Crippen LogP contribution in [0.15, 0.2) is 0 Å². The Bertz CT molecular complexity index is 639. The molecule has 0 aromatic carbocycles. The Morgan fingerprint density at radius 2 is 1.55 bits per heavy atom. The molecule has 0 radical (unpaired) electrons. The van der Waals surface area contributed by atoms with Crippen molar-refractivity contribution in [2.24, 2.45) is 17.1 Å². The first-order valence-corrected chi connectivity index (χ1v) is 10.3. The third-order valence-corrected chi connectivity index (χ3v) is 5.64. The normalized spacial score (nSPS) is 20.0. The van der Waals surface area contributed by atoms with E-state index in [2.05, 4.69) is 22.9 Å². The van der Waals surface area contributed by atoms with Gasteiger partial charge in [-0.1, -0.05) is 45.4 Å². The summed E-state index contributed by atoms with van der Waals surface area (Å²) in [7, 11) is 0. The van der Waals surface area contributed by atoms with Gasteiger partial charge in [0.25, 0.3) is 0 Å². The van der Waals surface area contributed by atoms with E-state index in [0.29, 0.717) is 32.6 Å².